The van der Waals surface area contributed by atoms with Crippen LogP contribution in [-0.2, 0) is 39.9 Å². The van der Waals surface area contributed by atoms with Gasteiger partial charge in [-0.1, -0.05) is 95.9 Å². The predicted molar refractivity (Wildman–Crippen MR) is 219 cm³/mol. The van der Waals surface area contributed by atoms with Crippen molar-refractivity contribution in [2.24, 2.45) is 29.6 Å². The maximum atomic E-state index is 14.2. The molecule has 0 radical (unpaired) electrons. The van der Waals surface area contributed by atoms with Crippen molar-refractivity contribution >= 4 is 29.6 Å². The molecule has 0 bridgehead atoms. The van der Waals surface area contributed by atoms with E-state index in [1.165, 1.54) is 25.4 Å². The Morgan fingerprint density at radius 3 is 1.84 bits per heavy atom. The Morgan fingerprint density at radius 1 is 0.821 bits per heavy atom. The van der Waals surface area contributed by atoms with Gasteiger partial charge in [0.1, 0.15) is 12.1 Å². The first-order valence-electron chi connectivity index (χ1n) is 20.1. The van der Waals surface area contributed by atoms with E-state index in [4.69, 9.17) is 9.47 Å². The highest BCUT2D eigenvalue weighted by Gasteiger charge is 2.42. The maximum Gasteiger partial charge on any atom is 0.326 e. The summed E-state index contributed by atoms with van der Waals surface area (Å²) < 4.78 is 11.9. The molecular formula is C43H71N5O8. The van der Waals surface area contributed by atoms with Gasteiger partial charge in [-0.3, -0.25) is 19.2 Å². The monoisotopic (exact) mass is 786 g/mol. The second-order valence-electron chi connectivity index (χ2n) is 16.5. The highest BCUT2D eigenvalue weighted by Crippen LogP contribution is 2.42. The average molecular weight is 786 g/mol. The fourth-order valence-electron chi connectivity index (χ4n) is 7.68. The van der Waals surface area contributed by atoms with Gasteiger partial charge in [0.15, 0.2) is 0 Å². The summed E-state index contributed by atoms with van der Waals surface area (Å²) in [5, 5.41) is 21.8. The number of allylic oxidation sites excluding steroid dienone is 2. The Bertz CT molecular complexity index is 1500. The normalized spacial score (nSPS) is 17.9. The maximum absolute atomic E-state index is 14.2. The van der Waals surface area contributed by atoms with Gasteiger partial charge in [-0.25, -0.2) is 4.79 Å². The molecule has 1 aliphatic carbocycles. The Labute approximate surface area is 335 Å². The standard InChI is InChI=1S/C43H71N5O8/c1-15-26(7)38(48(12)42(52)37(24(4)5)47-41(51)36(44-11)23(2)3)34(55-13)22-35(49)45-32(21-31-27(8)28(31)9)39(56-14)29(10)40(50)46-33(43(53)54)20-30-18-16-25(6)17-19-30/h16-19,23-24,26,29,31-34,36-39,44H,15,20-22H2,1-14H3,(H,45,49)(H,46,50)(H,47,51)(H,53,54)/t26-,29+,32-,33-,34+,36-,37-,38-,39+/m0/s1. The second kappa shape index (κ2) is 22.2. The summed E-state index contributed by atoms with van der Waals surface area (Å²) in [5.74, 6) is -3.47. The summed E-state index contributed by atoms with van der Waals surface area (Å²) in [7, 11) is 6.42. The number of hydrogen-bond donors (Lipinski definition) is 5. The number of aryl methyl sites for hydroxylation is 1. The zero-order chi connectivity index (χ0) is 42.6. The lowest BCUT2D eigenvalue weighted by Gasteiger charge is -2.40. The number of ether oxygens (including phenoxy) is 2. The smallest absolute Gasteiger partial charge is 0.326 e. The zero-order valence-corrected chi connectivity index (χ0v) is 36.3. The van der Waals surface area contributed by atoms with E-state index >= 15 is 0 Å². The van der Waals surface area contributed by atoms with Gasteiger partial charge in [-0.2, -0.15) is 0 Å². The van der Waals surface area contributed by atoms with Gasteiger partial charge in [0.25, 0.3) is 0 Å². The van der Waals surface area contributed by atoms with E-state index in [2.05, 4.69) is 21.3 Å². The van der Waals surface area contributed by atoms with Crippen LogP contribution in [0.25, 0.3) is 0 Å². The lowest BCUT2D eigenvalue weighted by atomic mass is 9.89. The fraction of sp³-hybridized carbons (Fsp3) is 0.698. The molecule has 0 aliphatic heterocycles. The molecule has 0 unspecified atom stereocenters. The molecule has 1 aromatic rings. The number of rotatable bonds is 24. The van der Waals surface area contributed by atoms with Gasteiger partial charge in [0, 0.05) is 33.6 Å². The first kappa shape index (κ1) is 48.3. The number of likely N-dealkylation sites (N-methyl/N-ethyl adjacent to an activating group) is 2. The van der Waals surface area contributed by atoms with Crippen LogP contribution in [0.4, 0.5) is 0 Å². The van der Waals surface area contributed by atoms with Crippen LogP contribution in [0.5, 0.6) is 0 Å². The second-order valence-corrected chi connectivity index (χ2v) is 16.5. The number of carboxylic acids is 1. The number of carbonyl (C=O) groups is 5. The van der Waals surface area contributed by atoms with Crippen molar-refractivity contribution in [3.8, 4) is 0 Å². The summed E-state index contributed by atoms with van der Waals surface area (Å²) >= 11 is 0. The van der Waals surface area contributed by atoms with E-state index in [1.54, 1.807) is 25.9 Å². The minimum Gasteiger partial charge on any atom is -0.480 e. The molecule has 1 aromatic carbocycles. The fourth-order valence-corrected chi connectivity index (χ4v) is 7.68. The van der Waals surface area contributed by atoms with Crippen LogP contribution < -0.4 is 21.3 Å². The van der Waals surface area contributed by atoms with Gasteiger partial charge >= 0.3 is 5.97 Å². The molecule has 0 fully saturated rings. The van der Waals surface area contributed by atoms with Crippen LogP contribution >= 0.6 is 0 Å². The number of methoxy groups -OCH3 is 2. The molecule has 9 atom stereocenters. The molecule has 13 heteroatoms. The average Bonchev–Trinajstić information content (AvgIpc) is 3.71. The SMILES string of the molecule is CC[C@H](C)[C@@H]([C@@H](CC(=O)N[C@@H](CC1C(C)=C1C)[C@H](OC)[C@@H](C)C(=O)N[C@@H](Cc1ccc(C)cc1)C(=O)O)OC)N(C)C(=O)[C@@H](NC(=O)[C@@H](NC)C(C)C)C(C)C. The van der Waals surface area contributed by atoms with Crippen molar-refractivity contribution in [1.82, 2.24) is 26.2 Å². The highest BCUT2D eigenvalue weighted by atomic mass is 16.5. The number of carbonyl (C=O) groups excluding carboxylic acids is 4. The third kappa shape index (κ3) is 13.1. The van der Waals surface area contributed by atoms with E-state index in [-0.39, 0.29) is 54.2 Å². The molecule has 4 amide bonds. The summed E-state index contributed by atoms with van der Waals surface area (Å²) in [5.41, 5.74) is 4.26. The largest absolute Gasteiger partial charge is 0.480 e. The van der Waals surface area contributed by atoms with Crippen LogP contribution in [0.3, 0.4) is 0 Å². The number of amides is 4. The van der Waals surface area contributed by atoms with E-state index in [1.807, 2.05) is 86.6 Å². The van der Waals surface area contributed by atoms with Gasteiger partial charge in [-0.15, -0.1) is 0 Å². The Hall–Kier alpha value is -3.81. The van der Waals surface area contributed by atoms with Crippen LogP contribution in [0.15, 0.2) is 35.4 Å². The number of carboxylic acid groups (broad SMARTS) is 1. The number of nitrogens with one attached hydrogen (secondary N) is 4. The Morgan fingerprint density at radius 2 is 1.39 bits per heavy atom. The molecule has 0 saturated heterocycles. The third-order valence-corrected chi connectivity index (χ3v) is 11.8. The van der Waals surface area contributed by atoms with E-state index in [0.29, 0.717) is 12.8 Å². The number of hydrogen-bond acceptors (Lipinski definition) is 8. The van der Waals surface area contributed by atoms with E-state index in [9.17, 15) is 29.1 Å². The molecule has 56 heavy (non-hydrogen) atoms. The van der Waals surface area contributed by atoms with Gasteiger partial charge in [-0.05, 0) is 57.6 Å². The summed E-state index contributed by atoms with van der Waals surface area (Å²) in [6.07, 6.45) is -0.264. The van der Waals surface area contributed by atoms with E-state index in [0.717, 1.165) is 11.1 Å². The van der Waals surface area contributed by atoms with Crippen molar-refractivity contribution in [1.29, 1.82) is 0 Å². The third-order valence-electron chi connectivity index (χ3n) is 11.8. The highest BCUT2D eigenvalue weighted by molar-refractivity contribution is 5.90. The first-order chi connectivity index (χ1) is 26.2. The number of nitrogens with zero attached hydrogens (tertiary/aromatic N) is 1. The van der Waals surface area contributed by atoms with E-state index < -0.39 is 60.2 Å². The Balaban J connectivity index is 2.33. The lowest BCUT2D eigenvalue weighted by Crippen LogP contribution is -2.59. The minimum atomic E-state index is -1.16. The van der Waals surface area contributed by atoms with Crippen molar-refractivity contribution in [2.45, 2.75) is 137 Å². The minimum absolute atomic E-state index is 0.0121. The molecule has 0 heterocycles. The summed E-state index contributed by atoms with van der Waals surface area (Å²) in [6.45, 7) is 19.4. The summed E-state index contributed by atoms with van der Waals surface area (Å²) in [6, 6.07) is 3.95. The molecule has 2 rings (SSSR count). The Kier molecular flexibility index (Phi) is 19.2. The molecule has 5 N–H and O–H groups in total. The zero-order valence-electron chi connectivity index (χ0n) is 36.3. The van der Waals surface area contributed by atoms with Crippen molar-refractivity contribution in [2.75, 3.05) is 28.3 Å². The molecule has 0 spiro atoms. The molecule has 0 aromatic heterocycles. The van der Waals surface area contributed by atoms with Gasteiger partial charge in [0.2, 0.25) is 23.6 Å². The van der Waals surface area contributed by atoms with Crippen LogP contribution in [-0.4, -0.2) is 110 Å². The molecule has 1 aliphatic rings. The molecule has 316 valence electrons. The van der Waals surface area contributed by atoms with Gasteiger partial charge < -0.3 is 40.7 Å². The predicted octanol–water partition coefficient (Wildman–Crippen LogP) is 4.26. The quantitative estimate of drug-likeness (QED) is 0.0960. The molecule has 13 nitrogen and oxygen atoms in total. The first-order valence-corrected chi connectivity index (χ1v) is 20.1. The summed E-state index contributed by atoms with van der Waals surface area (Å²) in [4.78, 5) is 69.0. The van der Waals surface area contributed by atoms with Crippen LogP contribution in [0, 0.1) is 36.5 Å². The van der Waals surface area contributed by atoms with Crippen LogP contribution in [0.1, 0.15) is 92.7 Å². The topological polar surface area (TPSA) is 175 Å². The van der Waals surface area contributed by atoms with Gasteiger partial charge in [0.05, 0.1) is 42.7 Å². The number of benzene rings is 1. The molecular weight excluding hydrogens is 714 g/mol. The number of aliphatic carboxylic acids is 1. The molecule has 0 saturated carbocycles. The van der Waals surface area contributed by atoms with Crippen molar-refractivity contribution in [3.63, 3.8) is 0 Å². The van der Waals surface area contributed by atoms with Crippen molar-refractivity contribution in [3.05, 3.63) is 46.5 Å². The lowest BCUT2D eigenvalue weighted by molar-refractivity contribution is -0.145. The van der Waals surface area contributed by atoms with Crippen LogP contribution in [0.2, 0.25) is 0 Å². The van der Waals surface area contributed by atoms with Crippen molar-refractivity contribution < 1.29 is 38.6 Å².